The summed E-state index contributed by atoms with van der Waals surface area (Å²) in [5.41, 5.74) is 6.14. The summed E-state index contributed by atoms with van der Waals surface area (Å²) >= 11 is 0. The van der Waals surface area contributed by atoms with Crippen molar-refractivity contribution in [3.05, 3.63) is 24.0 Å². The fraction of sp³-hybridized carbons (Fsp3) is 0.500. The Kier molecular flexibility index (Phi) is 3.28. The van der Waals surface area contributed by atoms with Crippen LogP contribution in [-0.2, 0) is 0 Å². The molecule has 5 nitrogen and oxygen atoms in total. The number of nitrogens with two attached hydrogens (primary N) is 1. The molecule has 1 saturated heterocycles. The maximum absolute atomic E-state index is 12.1. The molecular weight excluding hydrogens is 218 g/mol. The highest BCUT2D eigenvalue weighted by molar-refractivity contribution is 5.96. The van der Waals surface area contributed by atoms with Crippen molar-refractivity contribution in [2.45, 2.75) is 19.4 Å². The highest BCUT2D eigenvalue weighted by Crippen LogP contribution is 2.23. The number of nitrogens with zero attached hydrogens (tertiary/aromatic N) is 2. The topological polar surface area (TPSA) is 79.5 Å². The molecule has 1 aliphatic heterocycles. The van der Waals surface area contributed by atoms with Gasteiger partial charge in [-0.25, -0.2) is 0 Å². The lowest BCUT2D eigenvalue weighted by Gasteiger charge is -2.18. The molecule has 1 amide bonds. The van der Waals surface area contributed by atoms with E-state index in [4.69, 9.17) is 5.73 Å². The fourth-order valence-electron chi connectivity index (χ4n) is 2.14. The van der Waals surface area contributed by atoms with Gasteiger partial charge in [0.25, 0.3) is 5.91 Å². The molecule has 0 spiro atoms. The molecule has 2 rings (SSSR count). The van der Waals surface area contributed by atoms with Crippen LogP contribution in [0.2, 0.25) is 0 Å². The number of pyridine rings is 1. The zero-order valence-corrected chi connectivity index (χ0v) is 9.84. The Bertz CT molecular complexity index is 420. The van der Waals surface area contributed by atoms with Crippen molar-refractivity contribution in [1.29, 1.82) is 0 Å². The average molecular weight is 235 g/mol. The van der Waals surface area contributed by atoms with Crippen LogP contribution in [0.15, 0.2) is 18.5 Å². The van der Waals surface area contributed by atoms with Crippen LogP contribution in [0, 0.1) is 5.92 Å². The van der Waals surface area contributed by atoms with Gasteiger partial charge in [0.1, 0.15) is 5.75 Å². The summed E-state index contributed by atoms with van der Waals surface area (Å²) in [5, 5.41) is 9.58. The minimum absolute atomic E-state index is 0.0678. The summed E-state index contributed by atoms with van der Waals surface area (Å²) in [6, 6.07) is 1.63. The number of rotatable bonds is 2. The lowest BCUT2D eigenvalue weighted by atomic mass is 10.0. The summed E-state index contributed by atoms with van der Waals surface area (Å²) in [7, 11) is 0. The van der Waals surface area contributed by atoms with E-state index >= 15 is 0 Å². The second kappa shape index (κ2) is 4.71. The molecule has 17 heavy (non-hydrogen) atoms. The van der Waals surface area contributed by atoms with Gasteiger partial charge in [-0.15, -0.1) is 0 Å². The van der Waals surface area contributed by atoms with Crippen molar-refractivity contribution in [1.82, 2.24) is 9.88 Å². The third-order valence-corrected chi connectivity index (χ3v) is 3.29. The molecule has 0 aliphatic carbocycles. The summed E-state index contributed by atoms with van der Waals surface area (Å²) in [4.78, 5) is 17.6. The Morgan fingerprint density at radius 2 is 2.47 bits per heavy atom. The van der Waals surface area contributed by atoms with Gasteiger partial charge in [0.15, 0.2) is 0 Å². The molecule has 1 aromatic heterocycles. The van der Waals surface area contributed by atoms with Crippen LogP contribution in [0.1, 0.15) is 23.7 Å². The minimum atomic E-state index is -0.145. The molecule has 92 valence electrons. The van der Waals surface area contributed by atoms with Crippen molar-refractivity contribution in [2.24, 2.45) is 11.7 Å². The van der Waals surface area contributed by atoms with Crippen LogP contribution in [0.25, 0.3) is 0 Å². The Balaban J connectivity index is 2.10. The summed E-state index contributed by atoms with van der Waals surface area (Å²) in [6.45, 7) is 3.33. The molecule has 1 aliphatic rings. The van der Waals surface area contributed by atoms with Gasteiger partial charge < -0.3 is 15.7 Å². The highest BCUT2D eigenvalue weighted by Gasteiger charge is 2.29. The standard InChI is InChI=1S/C12H17N3O2/c1-8(13)9-3-5-15(7-9)12(17)10-2-4-14-6-11(10)16/h2,4,6,8-9,16H,3,5,7,13H2,1H3. The van der Waals surface area contributed by atoms with Crippen molar-refractivity contribution >= 4 is 5.91 Å². The first-order chi connectivity index (χ1) is 8.09. The smallest absolute Gasteiger partial charge is 0.257 e. The van der Waals surface area contributed by atoms with Gasteiger partial charge >= 0.3 is 0 Å². The first-order valence-corrected chi connectivity index (χ1v) is 5.77. The molecule has 2 unspecified atom stereocenters. The van der Waals surface area contributed by atoms with Crippen LogP contribution in [-0.4, -0.2) is 40.0 Å². The lowest BCUT2D eigenvalue weighted by molar-refractivity contribution is 0.0783. The van der Waals surface area contributed by atoms with Gasteiger partial charge in [-0.3, -0.25) is 9.78 Å². The minimum Gasteiger partial charge on any atom is -0.505 e. The molecule has 0 saturated carbocycles. The summed E-state index contributed by atoms with van der Waals surface area (Å²) in [5.74, 6) is 0.137. The lowest BCUT2D eigenvalue weighted by Crippen LogP contribution is -2.33. The van der Waals surface area contributed by atoms with Gasteiger partial charge in [-0.2, -0.15) is 0 Å². The van der Waals surface area contributed by atoms with Gasteiger partial charge in [-0.1, -0.05) is 0 Å². The predicted molar refractivity (Wildman–Crippen MR) is 63.6 cm³/mol. The number of carbonyl (C=O) groups excluding carboxylic acids is 1. The molecule has 2 atom stereocenters. The van der Waals surface area contributed by atoms with E-state index in [0.717, 1.165) is 6.42 Å². The monoisotopic (exact) mass is 235 g/mol. The van der Waals surface area contributed by atoms with Crippen molar-refractivity contribution < 1.29 is 9.90 Å². The number of amides is 1. The van der Waals surface area contributed by atoms with Crippen LogP contribution in [0.3, 0.4) is 0 Å². The maximum Gasteiger partial charge on any atom is 0.257 e. The number of aromatic nitrogens is 1. The van der Waals surface area contributed by atoms with Crippen molar-refractivity contribution in [3.63, 3.8) is 0 Å². The fourth-order valence-corrected chi connectivity index (χ4v) is 2.14. The van der Waals surface area contributed by atoms with E-state index in [-0.39, 0.29) is 17.7 Å². The number of aromatic hydroxyl groups is 1. The van der Waals surface area contributed by atoms with Crippen molar-refractivity contribution in [2.75, 3.05) is 13.1 Å². The Morgan fingerprint density at radius 1 is 1.71 bits per heavy atom. The van der Waals surface area contributed by atoms with E-state index in [1.165, 1.54) is 18.5 Å². The van der Waals surface area contributed by atoms with Crippen molar-refractivity contribution in [3.8, 4) is 5.75 Å². The zero-order valence-electron chi connectivity index (χ0n) is 9.84. The second-order valence-corrected chi connectivity index (χ2v) is 4.55. The van der Waals surface area contributed by atoms with Gasteiger partial charge in [0, 0.05) is 25.3 Å². The molecule has 2 heterocycles. The Labute approximate surface area is 100 Å². The number of hydrogen-bond acceptors (Lipinski definition) is 4. The van der Waals surface area contributed by atoms with E-state index in [2.05, 4.69) is 4.98 Å². The van der Waals surface area contributed by atoms with Crippen LogP contribution >= 0.6 is 0 Å². The normalized spacial score (nSPS) is 21.5. The third-order valence-electron chi connectivity index (χ3n) is 3.29. The molecule has 1 aromatic rings. The maximum atomic E-state index is 12.1. The van der Waals surface area contributed by atoms with Crippen LogP contribution in [0.5, 0.6) is 5.75 Å². The molecule has 1 fully saturated rings. The number of carbonyl (C=O) groups is 1. The quantitative estimate of drug-likeness (QED) is 0.786. The number of hydrogen-bond donors (Lipinski definition) is 2. The van der Waals surface area contributed by atoms with E-state index in [0.29, 0.717) is 24.6 Å². The Hall–Kier alpha value is -1.62. The van der Waals surface area contributed by atoms with E-state index in [1.807, 2.05) is 6.92 Å². The van der Waals surface area contributed by atoms with Gasteiger partial charge in [0.05, 0.1) is 11.8 Å². The molecular formula is C12H17N3O2. The summed E-state index contributed by atoms with van der Waals surface area (Å²) in [6.07, 6.45) is 3.72. The largest absolute Gasteiger partial charge is 0.505 e. The van der Waals surface area contributed by atoms with Crippen LogP contribution < -0.4 is 5.73 Å². The predicted octanol–water partition coefficient (Wildman–Crippen LogP) is 0.596. The zero-order chi connectivity index (χ0) is 12.4. The van der Waals surface area contributed by atoms with Gasteiger partial charge in [-0.05, 0) is 25.3 Å². The average Bonchev–Trinajstić information content (AvgIpc) is 2.78. The number of likely N-dealkylation sites (tertiary alicyclic amines) is 1. The molecule has 0 aromatic carbocycles. The first kappa shape index (κ1) is 11.9. The van der Waals surface area contributed by atoms with Crippen LogP contribution in [0.4, 0.5) is 0 Å². The first-order valence-electron chi connectivity index (χ1n) is 5.77. The highest BCUT2D eigenvalue weighted by atomic mass is 16.3. The van der Waals surface area contributed by atoms with E-state index < -0.39 is 0 Å². The molecule has 5 heteroatoms. The second-order valence-electron chi connectivity index (χ2n) is 4.55. The summed E-state index contributed by atoms with van der Waals surface area (Å²) < 4.78 is 0. The van der Waals surface area contributed by atoms with Gasteiger partial charge in [0.2, 0.25) is 0 Å². The molecule has 3 N–H and O–H groups in total. The van der Waals surface area contributed by atoms with E-state index in [9.17, 15) is 9.90 Å². The molecule has 0 radical (unpaired) electrons. The molecule has 0 bridgehead atoms. The third kappa shape index (κ3) is 2.39. The van der Waals surface area contributed by atoms with E-state index in [1.54, 1.807) is 4.90 Å². The SMILES string of the molecule is CC(N)C1CCN(C(=O)c2ccncc2O)C1. The Morgan fingerprint density at radius 3 is 3.06 bits per heavy atom.